The summed E-state index contributed by atoms with van der Waals surface area (Å²) in [5, 5.41) is 3.37. The molecule has 1 fully saturated rings. The van der Waals surface area contributed by atoms with E-state index < -0.39 is 0 Å². The third kappa shape index (κ3) is 3.63. The van der Waals surface area contributed by atoms with Crippen molar-refractivity contribution in [3.63, 3.8) is 0 Å². The van der Waals surface area contributed by atoms with Crippen LogP contribution in [0.15, 0.2) is 41.4 Å². The summed E-state index contributed by atoms with van der Waals surface area (Å²) >= 11 is 0. The summed E-state index contributed by atoms with van der Waals surface area (Å²) in [6, 6.07) is 10.5. The highest BCUT2D eigenvalue weighted by atomic mass is 19.1. The van der Waals surface area contributed by atoms with Gasteiger partial charge in [0.1, 0.15) is 5.82 Å². The Morgan fingerprint density at radius 3 is 2.69 bits per heavy atom. The molecule has 2 aliphatic heterocycles. The molecule has 132 valence electrons. The largest absolute Gasteiger partial charge is 0.381 e. The van der Waals surface area contributed by atoms with Gasteiger partial charge in [0.2, 0.25) is 0 Å². The molecule has 0 aromatic heterocycles. The minimum Gasteiger partial charge on any atom is -0.381 e. The van der Waals surface area contributed by atoms with Gasteiger partial charge in [-0.25, -0.2) is 4.39 Å². The summed E-state index contributed by atoms with van der Waals surface area (Å²) in [5.74, 6) is 6.61. The monoisotopic (exact) mass is 348 g/mol. The van der Waals surface area contributed by atoms with E-state index in [0.717, 1.165) is 48.6 Å². The molecule has 0 amide bonds. The molecule has 2 aromatic rings. The van der Waals surface area contributed by atoms with E-state index in [4.69, 9.17) is 4.74 Å². The summed E-state index contributed by atoms with van der Waals surface area (Å²) < 4.78 is 18.6. The van der Waals surface area contributed by atoms with Gasteiger partial charge in [0.25, 0.3) is 0 Å². The quantitative estimate of drug-likeness (QED) is 0.800. The van der Waals surface area contributed by atoms with E-state index in [1.807, 2.05) is 6.21 Å². The van der Waals surface area contributed by atoms with E-state index in [1.54, 1.807) is 12.1 Å². The van der Waals surface area contributed by atoms with Crippen LogP contribution in [0.4, 0.5) is 15.8 Å². The smallest absolute Gasteiger partial charge is 0.123 e. The Kier molecular flexibility index (Phi) is 4.48. The highest BCUT2D eigenvalue weighted by Crippen LogP contribution is 2.30. The lowest BCUT2D eigenvalue weighted by Gasteiger charge is -2.28. The Morgan fingerprint density at radius 1 is 1.15 bits per heavy atom. The lowest BCUT2D eigenvalue weighted by molar-refractivity contribution is 0.0487. The van der Waals surface area contributed by atoms with Crippen molar-refractivity contribution in [2.75, 3.05) is 18.5 Å². The lowest BCUT2D eigenvalue weighted by Crippen LogP contribution is -2.24. The molecule has 4 rings (SSSR count). The van der Waals surface area contributed by atoms with E-state index in [9.17, 15) is 4.39 Å². The molecule has 2 heterocycles. The number of nitrogens with one attached hydrogen (secondary N) is 1. The zero-order valence-corrected chi connectivity index (χ0v) is 14.8. The molecule has 1 saturated heterocycles. The number of hydrogen-bond donors (Lipinski definition) is 1. The second kappa shape index (κ2) is 6.93. The summed E-state index contributed by atoms with van der Waals surface area (Å²) in [7, 11) is 0. The molecule has 1 N–H and O–H groups in total. The fourth-order valence-corrected chi connectivity index (χ4v) is 3.22. The molecule has 0 saturated carbocycles. The maximum atomic E-state index is 13.2. The molecule has 2 aliphatic rings. The van der Waals surface area contributed by atoms with E-state index in [-0.39, 0.29) is 11.2 Å². The van der Waals surface area contributed by atoms with Crippen molar-refractivity contribution in [3.8, 4) is 11.8 Å². The number of halogens is 1. The first-order chi connectivity index (χ1) is 12.6. The molecule has 0 aliphatic carbocycles. The number of fused-ring (bicyclic) bond motifs is 1. The van der Waals surface area contributed by atoms with Gasteiger partial charge >= 0.3 is 0 Å². The topological polar surface area (TPSA) is 33.6 Å². The number of aliphatic imine (C=N–C) groups is 1. The van der Waals surface area contributed by atoms with Crippen LogP contribution in [0.1, 0.15) is 36.5 Å². The van der Waals surface area contributed by atoms with Crippen molar-refractivity contribution >= 4 is 17.6 Å². The molecule has 0 atom stereocenters. The number of nitrogens with zero attached hydrogens (tertiary/aromatic N) is 1. The zero-order valence-electron chi connectivity index (χ0n) is 14.8. The molecule has 26 heavy (non-hydrogen) atoms. The van der Waals surface area contributed by atoms with E-state index >= 15 is 0 Å². The van der Waals surface area contributed by atoms with Crippen LogP contribution in [0, 0.1) is 23.1 Å². The molecule has 0 radical (unpaired) electrons. The Morgan fingerprint density at radius 2 is 1.92 bits per heavy atom. The number of anilines is 2. The minimum atomic E-state index is -0.246. The molecule has 3 nitrogen and oxygen atoms in total. The maximum absolute atomic E-state index is 13.2. The number of hydrogen-bond acceptors (Lipinski definition) is 3. The van der Waals surface area contributed by atoms with Crippen molar-refractivity contribution < 1.29 is 9.13 Å². The van der Waals surface area contributed by atoms with Gasteiger partial charge in [0, 0.05) is 36.1 Å². The second-order valence-electron chi connectivity index (χ2n) is 7.12. The second-order valence-corrected chi connectivity index (χ2v) is 7.12. The molecule has 0 bridgehead atoms. The zero-order chi connectivity index (χ0) is 18.0. The fourth-order valence-electron chi connectivity index (χ4n) is 3.22. The van der Waals surface area contributed by atoms with Gasteiger partial charge in [-0.2, -0.15) is 0 Å². The fraction of sp³-hybridized carbons (Fsp3) is 0.318. The van der Waals surface area contributed by atoms with E-state index in [2.05, 4.69) is 41.2 Å². The Bertz CT molecular complexity index is 900. The highest BCUT2D eigenvalue weighted by molar-refractivity contribution is 5.88. The van der Waals surface area contributed by atoms with Crippen LogP contribution in [0.2, 0.25) is 0 Å². The van der Waals surface area contributed by atoms with Gasteiger partial charge in [0.05, 0.1) is 12.2 Å². The third-order valence-electron chi connectivity index (χ3n) is 4.99. The SMILES string of the molecule is CC1(C#Cc2cc3c(cc2Nc2ccc(F)cc2)C=NC3)CCOCC1. The molecule has 4 heteroatoms. The molecular weight excluding hydrogens is 327 g/mol. The molecule has 2 aromatic carbocycles. The predicted molar refractivity (Wildman–Crippen MR) is 102 cm³/mol. The Balaban J connectivity index is 1.68. The number of rotatable bonds is 2. The molecule has 0 spiro atoms. The molecular formula is C22H21FN2O. The number of benzene rings is 2. The van der Waals surface area contributed by atoms with Gasteiger partial charge in [-0.05, 0) is 67.3 Å². The normalized spacial score (nSPS) is 17.3. The van der Waals surface area contributed by atoms with Crippen LogP contribution in [0.25, 0.3) is 0 Å². The Hall–Kier alpha value is -2.64. The molecule has 0 unspecified atom stereocenters. The standard InChI is InChI=1S/C22H21FN2O/c1-22(8-10-26-11-9-22)7-6-16-12-17-14-24-15-18(17)13-21(16)25-20-4-2-19(23)3-5-20/h2-5,12-13,15,25H,8-11,14H2,1H3. The summed E-state index contributed by atoms with van der Waals surface area (Å²) in [5.41, 5.74) is 4.99. The van der Waals surface area contributed by atoms with Crippen molar-refractivity contribution in [3.05, 3.63) is 58.9 Å². The van der Waals surface area contributed by atoms with Crippen LogP contribution in [-0.2, 0) is 11.3 Å². The van der Waals surface area contributed by atoms with Crippen LogP contribution in [-0.4, -0.2) is 19.4 Å². The van der Waals surface area contributed by atoms with Crippen LogP contribution in [0.3, 0.4) is 0 Å². The summed E-state index contributed by atoms with van der Waals surface area (Å²) in [6.07, 6.45) is 3.80. The highest BCUT2D eigenvalue weighted by Gasteiger charge is 2.25. The predicted octanol–water partition coefficient (Wildman–Crippen LogP) is 4.67. The average molecular weight is 348 g/mol. The van der Waals surface area contributed by atoms with Crippen LogP contribution >= 0.6 is 0 Å². The van der Waals surface area contributed by atoms with Gasteiger partial charge in [-0.15, -0.1) is 0 Å². The third-order valence-corrected chi connectivity index (χ3v) is 4.99. The van der Waals surface area contributed by atoms with Crippen molar-refractivity contribution in [2.24, 2.45) is 10.4 Å². The van der Waals surface area contributed by atoms with Crippen molar-refractivity contribution in [1.82, 2.24) is 0 Å². The maximum Gasteiger partial charge on any atom is 0.123 e. The minimum absolute atomic E-state index is 0.0130. The van der Waals surface area contributed by atoms with Gasteiger partial charge in [0.15, 0.2) is 0 Å². The Labute approximate surface area is 153 Å². The first kappa shape index (κ1) is 16.8. The van der Waals surface area contributed by atoms with Gasteiger partial charge in [-0.1, -0.05) is 11.8 Å². The number of ether oxygens (including phenoxy) is 1. The van der Waals surface area contributed by atoms with Crippen LogP contribution < -0.4 is 5.32 Å². The first-order valence-corrected chi connectivity index (χ1v) is 8.92. The summed E-state index contributed by atoms with van der Waals surface area (Å²) in [4.78, 5) is 4.35. The van der Waals surface area contributed by atoms with Gasteiger partial charge < -0.3 is 10.1 Å². The van der Waals surface area contributed by atoms with Crippen LogP contribution in [0.5, 0.6) is 0 Å². The van der Waals surface area contributed by atoms with Crippen molar-refractivity contribution in [2.45, 2.75) is 26.3 Å². The van der Waals surface area contributed by atoms with Crippen molar-refractivity contribution in [1.29, 1.82) is 0 Å². The lowest BCUT2D eigenvalue weighted by atomic mass is 9.83. The average Bonchev–Trinajstić information content (AvgIpc) is 3.09. The first-order valence-electron chi connectivity index (χ1n) is 8.92. The summed E-state index contributed by atoms with van der Waals surface area (Å²) in [6.45, 7) is 4.44. The van der Waals surface area contributed by atoms with E-state index in [1.165, 1.54) is 17.7 Å². The van der Waals surface area contributed by atoms with E-state index in [0.29, 0.717) is 6.54 Å². The van der Waals surface area contributed by atoms with Gasteiger partial charge in [-0.3, -0.25) is 4.99 Å².